The molecule has 0 spiro atoms. The number of hydrogen-bond acceptors (Lipinski definition) is 3. The minimum absolute atomic E-state index is 0.294. The molecule has 120 valence electrons. The summed E-state index contributed by atoms with van der Waals surface area (Å²) in [6.45, 7) is 0.339. The lowest BCUT2D eigenvalue weighted by atomic mass is 9.80. The van der Waals surface area contributed by atoms with Gasteiger partial charge in [-0.05, 0) is 43.5 Å². The highest BCUT2D eigenvalue weighted by Crippen LogP contribution is 2.31. The first-order valence-corrected chi connectivity index (χ1v) is 7.75. The highest BCUT2D eigenvalue weighted by atomic mass is 16.5. The molecule has 0 aliphatic heterocycles. The number of aliphatic hydroxyl groups is 1. The molecule has 1 aliphatic carbocycles. The molecule has 5 heteroatoms. The van der Waals surface area contributed by atoms with Gasteiger partial charge in [-0.25, -0.2) is 0 Å². The Morgan fingerprint density at radius 3 is 2.57 bits per heavy atom. The molecule has 0 amide bonds. The van der Waals surface area contributed by atoms with E-state index in [0.29, 0.717) is 18.3 Å². The molecule has 4 N–H and O–H groups in total. The van der Waals surface area contributed by atoms with Crippen molar-refractivity contribution < 1.29 is 9.84 Å². The van der Waals surface area contributed by atoms with Gasteiger partial charge in [-0.2, -0.15) is 0 Å². The molecule has 2 aromatic rings. The van der Waals surface area contributed by atoms with Crippen molar-refractivity contribution in [2.45, 2.75) is 24.9 Å². The van der Waals surface area contributed by atoms with Gasteiger partial charge in [-0.15, -0.1) is 0 Å². The van der Waals surface area contributed by atoms with Crippen LogP contribution in [0.3, 0.4) is 0 Å². The fourth-order valence-electron chi connectivity index (χ4n) is 2.42. The number of anilines is 1. The van der Waals surface area contributed by atoms with E-state index in [-0.39, 0.29) is 0 Å². The number of guanidine groups is 1. The zero-order chi connectivity index (χ0) is 16.1. The van der Waals surface area contributed by atoms with Crippen LogP contribution in [0.4, 0.5) is 5.69 Å². The van der Waals surface area contributed by atoms with Crippen molar-refractivity contribution in [3.63, 3.8) is 0 Å². The number of aliphatic imine (C=N–C) groups is 1. The molecule has 0 heterocycles. The lowest BCUT2D eigenvalue weighted by Gasteiger charge is -2.34. The topological polar surface area (TPSA) is 79.9 Å². The zero-order valence-corrected chi connectivity index (χ0v) is 12.9. The minimum Gasteiger partial charge on any atom is -0.457 e. The monoisotopic (exact) mass is 311 g/mol. The van der Waals surface area contributed by atoms with Crippen LogP contribution in [0, 0.1) is 0 Å². The third-order valence-electron chi connectivity index (χ3n) is 3.91. The Morgan fingerprint density at radius 2 is 1.87 bits per heavy atom. The van der Waals surface area contributed by atoms with Crippen molar-refractivity contribution in [3.8, 4) is 11.5 Å². The average Bonchev–Trinajstić information content (AvgIpc) is 2.52. The Morgan fingerprint density at radius 1 is 1.13 bits per heavy atom. The molecule has 2 aromatic carbocycles. The van der Waals surface area contributed by atoms with Gasteiger partial charge in [-0.1, -0.05) is 24.3 Å². The average molecular weight is 311 g/mol. The van der Waals surface area contributed by atoms with Gasteiger partial charge in [0.05, 0.1) is 12.1 Å². The third kappa shape index (κ3) is 4.23. The summed E-state index contributed by atoms with van der Waals surface area (Å²) in [5, 5.41) is 13.0. The number of ether oxygens (including phenoxy) is 1. The molecule has 3 rings (SSSR count). The van der Waals surface area contributed by atoms with Crippen molar-refractivity contribution in [1.29, 1.82) is 0 Å². The fraction of sp³-hybridized carbons (Fsp3) is 0.278. The largest absolute Gasteiger partial charge is 0.457 e. The SMILES string of the molecule is NC(=NCC1(O)CCC1)Nc1cccc(Oc2ccccc2)c1. The van der Waals surface area contributed by atoms with Gasteiger partial charge in [0.25, 0.3) is 0 Å². The molecular weight excluding hydrogens is 290 g/mol. The Labute approximate surface area is 135 Å². The van der Waals surface area contributed by atoms with E-state index in [2.05, 4.69) is 10.3 Å². The molecule has 23 heavy (non-hydrogen) atoms. The van der Waals surface area contributed by atoms with E-state index >= 15 is 0 Å². The molecule has 1 saturated carbocycles. The van der Waals surface area contributed by atoms with Crippen LogP contribution in [-0.4, -0.2) is 23.2 Å². The van der Waals surface area contributed by atoms with Crippen molar-refractivity contribution >= 4 is 11.6 Å². The van der Waals surface area contributed by atoms with Crippen molar-refractivity contribution in [2.24, 2.45) is 10.7 Å². The lowest BCUT2D eigenvalue weighted by molar-refractivity contribution is -0.0235. The van der Waals surface area contributed by atoms with Gasteiger partial charge in [0.1, 0.15) is 11.5 Å². The van der Waals surface area contributed by atoms with E-state index in [9.17, 15) is 5.11 Å². The summed E-state index contributed by atoms with van der Waals surface area (Å²) < 4.78 is 5.78. The maximum atomic E-state index is 10.0. The first-order valence-electron chi connectivity index (χ1n) is 7.75. The van der Waals surface area contributed by atoms with Crippen LogP contribution in [0.25, 0.3) is 0 Å². The molecule has 0 atom stereocenters. The summed E-state index contributed by atoms with van der Waals surface area (Å²) in [6.07, 6.45) is 2.65. The van der Waals surface area contributed by atoms with Crippen molar-refractivity contribution in [3.05, 3.63) is 54.6 Å². The van der Waals surface area contributed by atoms with Crippen LogP contribution >= 0.6 is 0 Å². The van der Waals surface area contributed by atoms with E-state index in [1.807, 2.05) is 54.6 Å². The molecule has 0 radical (unpaired) electrons. The maximum absolute atomic E-state index is 10.0. The predicted molar refractivity (Wildman–Crippen MR) is 91.9 cm³/mol. The van der Waals surface area contributed by atoms with Gasteiger partial charge in [0.2, 0.25) is 0 Å². The molecule has 0 aromatic heterocycles. The normalized spacial score (nSPS) is 16.5. The molecule has 1 fully saturated rings. The number of rotatable bonds is 5. The number of nitrogens with one attached hydrogen (secondary N) is 1. The molecule has 5 nitrogen and oxygen atoms in total. The second-order valence-corrected chi connectivity index (χ2v) is 5.85. The predicted octanol–water partition coefficient (Wildman–Crippen LogP) is 3.12. The quantitative estimate of drug-likeness (QED) is 0.585. The van der Waals surface area contributed by atoms with Gasteiger partial charge in [0.15, 0.2) is 5.96 Å². The Bertz CT molecular complexity index is 682. The van der Waals surface area contributed by atoms with E-state index in [0.717, 1.165) is 30.7 Å². The number of nitrogens with two attached hydrogens (primary N) is 1. The number of hydrogen-bond donors (Lipinski definition) is 3. The standard InChI is InChI=1S/C18H21N3O2/c19-17(20-13-18(22)10-5-11-18)21-14-6-4-9-16(12-14)23-15-7-2-1-3-8-15/h1-4,6-9,12,22H,5,10-11,13H2,(H3,19,20,21). The molecular formula is C18H21N3O2. The third-order valence-corrected chi connectivity index (χ3v) is 3.91. The van der Waals surface area contributed by atoms with Crippen LogP contribution in [0.15, 0.2) is 59.6 Å². The Balaban J connectivity index is 1.61. The molecule has 1 aliphatic rings. The summed E-state index contributed by atoms with van der Waals surface area (Å²) >= 11 is 0. The molecule has 0 bridgehead atoms. The smallest absolute Gasteiger partial charge is 0.193 e. The van der Waals surface area contributed by atoms with Gasteiger partial charge in [0, 0.05) is 11.8 Å². The number of nitrogens with zero attached hydrogens (tertiary/aromatic N) is 1. The molecule has 0 saturated heterocycles. The number of para-hydroxylation sites is 1. The zero-order valence-electron chi connectivity index (χ0n) is 12.9. The van der Waals surface area contributed by atoms with Crippen molar-refractivity contribution in [1.82, 2.24) is 0 Å². The van der Waals surface area contributed by atoms with Crippen LogP contribution in [0.5, 0.6) is 11.5 Å². The Hall–Kier alpha value is -2.53. The lowest BCUT2D eigenvalue weighted by Crippen LogP contribution is -2.41. The van der Waals surface area contributed by atoms with Gasteiger partial charge < -0.3 is 20.9 Å². The second-order valence-electron chi connectivity index (χ2n) is 5.85. The van der Waals surface area contributed by atoms with E-state index in [1.165, 1.54) is 0 Å². The first kappa shape index (κ1) is 15.4. The number of benzene rings is 2. The van der Waals surface area contributed by atoms with E-state index < -0.39 is 5.60 Å². The van der Waals surface area contributed by atoms with Crippen LogP contribution < -0.4 is 15.8 Å². The van der Waals surface area contributed by atoms with Crippen molar-refractivity contribution in [2.75, 3.05) is 11.9 Å². The summed E-state index contributed by atoms with van der Waals surface area (Å²) in [5.41, 5.74) is 6.01. The summed E-state index contributed by atoms with van der Waals surface area (Å²) in [5.74, 6) is 1.78. The summed E-state index contributed by atoms with van der Waals surface area (Å²) in [6, 6.07) is 17.1. The van der Waals surface area contributed by atoms with Crippen LogP contribution in [0.1, 0.15) is 19.3 Å². The summed E-state index contributed by atoms with van der Waals surface area (Å²) in [7, 11) is 0. The maximum Gasteiger partial charge on any atom is 0.193 e. The van der Waals surface area contributed by atoms with Crippen LogP contribution in [-0.2, 0) is 0 Å². The first-order chi connectivity index (χ1) is 11.1. The van der Waals surface area contributed by atoms with E-state index in [4.69, 9.17) is 10.5 Å². The highest BCUT2D eigenvalue weighted by Gasteiger charge is 2.33. The Kier molecular flexibility index (Phi) is 4.48. The highest BCUT2D eigenvalue weighted by molar-refractivity contribution is 5.92. The second kappa shape index (κ2) is 6.71. The fourth-order valence-corrected chi connectivity index (χ4v) is 2.42. The van der Waals surface area contributed by atoms with Gasteiger partial charge in [-0.3, -0.25) is 4.99 Å². The van der Waals surface area contributed by atoms with E-state index in [1.54, 1.807) is 0 Å². The van der Waals surface area contributed by atoms with Gasteiger partial charge >= 0.3 is 0 Å². The van der Waals surface area contributed by atoms with Crippen LogP contribution in [0.2, 0.25) is 0 Å². The summed E-state index contributed by atoms with van der Waals surface area (Å²) in [4.78, 5) is 4.22. The minimum atomic E-state index is -0.662. The molecule has 0 unspecified atom stereocenters.